The van der Waals surface area contributed by atoms with Gasteiger partial charge in [0.25, 0.3) is 0 Å². The number of fused-ring (bicyclic) bond motifs is 1. The van der Waals surface area contributed by atoms with E-state index in [-0.39, 0.29) is 12.4 Å². The topological polar surface area (TPSA) is 103 Å². The molecule has 0 radical (unpaired) electrons. The maximum atomic E-state index is 10.9. The summed E-state index contributed by atoms with van der Waals surface area (Å²) < 4.78 is 16.0. The molecule has 8 heteroatoms. The molecule has 0 fully saturated rings. The van der Waals surface area contributed by atoms with E-state index in [1.54, 1.807) is 19.2 Å². The minimum absolute atomic E-state index is 0.270. The summed E-state index contributed by atoms with van der Waals surface area (Å²) in [5.74, 6) is 2.65. The van der Waals surface area contributed by atoms with Gasteiger partial charge in [-0.1, -0.05) is 12.0 Å². The lowest BCUT2D eigenvalue weighted by molar-refractivity contribution is -0.139. The molecule has 0 bridgehead atoms. The fourth-order valence-corrected chi connectivity index (χ4v) is 2.59. The Morgan fingerprint density at radius 3 is 2.76 bits per heavy atom. The van der Waals surface area contributed by atoms with Crippen molar-refractivity contribution >= 4 is 28.4 Å². The minimum atomic E-state index is -1.10. The van der Waals surface area contributed by atoms with E-state index in [4.69, 9.17) is 25.7 Å². The number of aromatic nitrogens is 2. The lowest BCUT2D eigenvalue weighted by atomic mass is 10.2. The number of rotatable bonds is 9. The number of methoxy groups -OCH3 is 1. The number of carboxylic acid groups (broad SMARTS) is 1. The van der Waals surface area contributed by atoms with Crippen LogP contribution in [0.3, 0.4) is 0 Å². The molecule has 0 spiro atoms. The number of hydrogen-bond donors (Lipinski definition) is 2. The van der Waals surface area contributed by atoms with Gasteiger partial charge in [-0.05, 0) is 24.3 Å². The molecule has 29 heavy (non-hydrogen) atoms. The molecule has 3 rings (SSSR count). The predicted octanol–water partition coefficient (Wildman–Crippen LogP) is 2.84. The van der Waals surface area contributed by atoms with Crippen molar-refractivity contribution in [2.75, 3.05) is 32.2 Å². The zero-order valence-corrected chi connectivity index (χ0v) is 15.7. The Morgan fingerprint density at radius 1 is 1.17 bits per heavy atom. The largest absolute Gasteiger partial charge is 0.487 e. The van der Waals surface area contributed by atoms with E-state index in [2.05, 4.69) is 21.2 Å². The number of benzene rings is 2. The van der Waals surface area contributed by atoms with Gasteiger partial charge in [-0.2, -0.15) is 0 Å². The highest BCUT2D eigenvalue weighted by Crippen LogP contribution is 2.35. The molecule has 0 saturated carbocycles. The highest BCUT2D eigenvalue weighted by Gasteiger charge is 2.14. The molecule has 1 aromatic heterocycles. The lowest BCUT2D eigenvalue weighted by Gasteiger charge is -2.14. The number of aliphatic carboxylic acids is 1. The van der Waals surface area contributed by atoms with Crippen LogP contribution >= 0.6 is 0 Å². The standard InChI is InChI=1S/C21H19N3O5/c1-3-14-5-4-6-15(9-14)24-21-16-10-18(29-12-20(25)26)19(28-8-7-27-2)11-17(16)22-13-23-21/h1,4-6,9-11,13H,7-8,12H2,2H3,(H,25,26)(H,22,23,24). The Labute approximate surface area is 167 Å². The van der Waals surface area contributed by atoms with Gasteiger partial charge in [0.2, 0.25) is 0 Å². The first kappa shape index (κ1) is 19.9. The van der Waals surface area contributed by atoms with Crippen LogP contribution in [0.25, 0.3) is 10.9 Å². The van der Waals surface area contributed by atoms with Crippen LogP contribution < -0.4 is 14.8 Å². The van der Waals surface area contributed by atoms with Gasteiger partial charge < -0.3 is 24.6 Å². The Kier molecular flexibility index (Phi) is 6.45. The Morgan fingerprint density at radius 2 is 2.00 bits per heavy atom. The normalized spacial score (nSPS) is 10.3. The summed E-state index contributed by atoms with van der Waals surface area (Å²) in [6.45, 7) is 0.145. The van der Waals surface area contributed by atoms with Crippen molar-refractivity contribution in [2.45, 2.75) is 0 Å². The van der Waals surface area contributed by atoms with E-state index in [0.29, 0.717) is 29.1 Å². The number of carbonyl (C=O) groups is 1. The van der Waals surface area contributed by atoms with Gasteiger partial charge in [0, 0.05) is 29.8 Å². The third-order valence-corrected chi connectivity index (χ3v) is 3.89. The van der Waals surface area contributed by atoms with Crippen LogP contribution in [-0.2, 0) is 9.53 Å². The van der Waals surface area contributed by atoms with Gasteiger partial charge in [-0.15, -0.1) is 6.42 Å². The first-order valence-corrected chi connectivity index (χ1v) is 8.69. The first-order chi connectivity index (χ1) is 14.1. The quantitative estimate of drug-likeness (QED) is 0.423. The molecule has 0 aliphatic rings. The van der Waals surface area contributed by atoms with Crippen LogP contribution in [0.1, 0.15) is 5.56 Å². The number of nitrogens with zero attached hydrogens (tertiary/aromatic N) is 2. The van der Waals surface area contributed by atoms with Gasteiger partial charge in [0.15, 0.2) is 18.1 Å². The van der Waals surface area contributed by atoms with Crippen molar-refractivity contribution in [1.29, 1.82) is 0 Å². The molecule has 2 N–H and O–H groups in total. The molecule has 0 aliphatic heterocycles. The average Bonchev–Trinajstić information content (AvgIpc) is 2.72. The van der Waals surface area contributed by atoms with Crippen molar-refractivity contribution in [1.82, 2.24) is 9.97 Å². The van der Waals surface area contributed by atoms with Crippen molar-refractivity contribution in [3.8, 4) is 23.8 Å². The third kappa shape index (κ3) is 5.12. The summed E-state index contributed by atoms with van der Waals surface area (Å²) in [7, 11) is 1.56. The SMILES string of the molecule is C#Cc1cccc(Nc2ncnc3cc(OCCOC)c(OCC(=O)O)cc23)c1. The maximum absolute atomic E-state index is 10.9. The molecule has 0 saturated heterocycles. The average molecular weight is 393 g/mol. The molecule has 0 atom stereocenters. The summed E-state index contributed by atoms with van der Waals surface area (Å²) in [6.07, 6.45) is 6.88. The second kappa shape index (κ2) is 9.39. The highest BCUT2D eigenvalue weighted by atomic mass is 16.5. The Hall–Kier alpha value is -3.83. The molecule has 3 aromatic rings. The number of anilines is 2. The third-order valence-electron chi connectivity index (χ3n) is 3.89. The van der Waals surface area contributed by atoms with Crippen LogP contribution in [0, 0.1) is 12.3 Å². The summed E-state index contributed by atoms with van der Waals surface area (Å²) in [6, 6.07) is 10.7. The van der Waals surface area contributed by atoms with Crippen LogP contribution in [0.4, 0.5) is 11.5 Å². The number of nitrogens with one attached hydrogen (secondary N) is 1. The molecule has 148 valence electrons. The number of terminal acetylenes is 1. The smallest absolute Gasteiger partial charge is 0.341 e. The second-order valence-corrected chi connectivity index (χ2v) is 5.91. The van der Waals surface area contributed by atoms with Crippen molar-refractivity contribution in [2.24, 2.45) is 0 Å². The van der Waals surface area contributed by atoms with E-state index in [1.807, 2.05) is 24.3 Å². The van der Waals surface area contributed by atoms with Crippen molar-refractivity contribution < 1.29 is 24.1 Å². The molecule has 1 heterocycles. The number of hydrogen-bond acceptors (Lipinski definition) is 7. The van der Waals surface area contributed by atoms with E-state index in [9.17, 15) is 4.79 Å². The van der Waals surface area contributed by atoms with Crippen molar-refractivity contribution in [3.05, 3.63) is 48.3 Å². The monoisotopic (exact) mass is 393 g/mol. The molecule has 0 unspecified atom stereocenters. The van der Waals surface area contributed by atoms with Gasteiger partial charge in [-0.25, -0.2) is 14.8 Å². The minimum Gasteiger partial charge on any atom is -0.487 e. The van der Waals surface area contributed by atoms with Gasteiger partial charge in [0.1, 0.15) is 18.8 Å². The van der Waals surface area contributed by atoms with Crippen LogP contribution in [0.2, 0.25) is 0 Å². The van der Waals surface area contributed by atoms with E-state index >= 15 is 0 Å². The fraction of sp³-hybridized carbons (Fsp3) is 0.190. The Bertz CT molecular complexity index is 1060. The number of carboxylic acids is 1. The predicted molar refractivity (Wildman–Crippen MR) is 108 cm³/mol. The van der Waals surface area contributed by atoms with Crippen LogP contribution in [-0.4, -0.2) is 48.0 Å². The van der Waals surface area contributed by atoms with E-state index < -0.39 is 12.6 Å². The van der Waals surface area contributed by atoms with Crippen LogP contribution in [0.5, 0.6) is 11.5 Å². The van der Waals surface area contributed by atoms with Crippen LogP contribution in [0.15, 0.2) is 42.7 Å². The molecular formula is C21H19N3O5. The van der Waals surface area contributed by atoms with Gasteiger partial charge in [-0.3, -0.25) is 0 Å². The second-order valence-electron chi connectivity index (χ2n) is 5.91. The van der Waals surface area contributed by atoms with Gasteiger partial charge >= 0.3 is 5.97 Å². The van der Waals surface area contributed by atoms with Crippen molar-refractivity contribution in [3.63, 3.8) is 0 Å². The fourth-order valence-electron chi connectivity index (χ4n) is 2.59. The van der Waals surface area contributed by atoms with E-state index in [1.165, 1.54) is 6.33 Å². The number of ether oxygens (including phenoxy) is 3. The Balaban J connectivity index is 1.99. The molecule has 8 nitrogen and oxygen atoms in total. The zero-order chi connectivity index (χ0) is 20.6. The van der Waals surface area contributed by atoms with Gasteiger partial charge in [0.05, 0.1) is 12.1 Å². The summed E-state index contributed by atoms with van der Waals surface area (Å²) in [4.78, 5) is 19.5. The summed E-state index contributed by atoms with van der Waals surface area (Å²) >= 11 is 0. The highest BCUT2D eigenvalue weighted by molar-refractivity contribution is 5.93. The molecule has 0 amide bonds. The summed E-state index contributed by atoms with van der Waals surface area (Å²) in [5.41, 5.74) is 2.09. The molecular weight excluding hydrogens is 374 g/mol. The first-order valence-electron chi connectivity index (χ1n) is 8.69. The molecule has 0 aliphatic carbocycles. The summed E-state index contributed by atoms with van der Waals surface area (Å²) in [5, 5.41) is 12.8. The van der Waals surface area contributed by atoms with E-state index in [0.717, 1.165) is 11.3 Å². The molecule has 2 aromatic carbocycles. The lowest BCUT2D eigenvalue weighted by Crippen LogP contribution is -2.11. The zero-order valence-electron chi connectivity index (χ0n) is 15.7. The maximum Gasteiger partial charge on any atom is 0.341 e.